The van der Waals surface area contributed by atoms with Crippen molar-refractivity contribution in [1.82, 2.24) is 14.9 Å². The zero-order valence-corrected chi connectivity index (χ0v) is 15.4. The smallest absolute Gasteiger partial charge is 0.252 e. The number of nitrogens with two attached hydrogens (primary N) is 1. The average molecular weight is 378 g/mol. The summed E-state index contributed by atoms with van der Waals surface area (Å²) in [5, 5.41) is 0. The molecule has 0 bridgehead atoms. The van der Waals surface area contributed by atoms with Crippen LogP contribution in [0.3, 0.4) is 0 Å². The Bertz CT molecular complexity index is 1020. The molecule has 7 nitrogen and oxygen atoms in total. The van der Waals surface area contributed by atoms with E-state index in [0.717, 1.165) is 24.0 Å². The first-order chi connectivity index (χ1) is 13.6. The summed E-state index contributed by atoms with van der Waals surface area (Å²) in [5.41, 5.74) is 9.06. The third-order valence-corrected chi connectivity index (χ3v) is 5.21. The summed E-state index contributed by atoms with van der Waals surface area (Å²) >= 11 is 0. The average Bonchev–Trinajstić information content (AvgIpc) is 3.18. The van der Waals surface area contributed by atoms with Gasteiger partial charge in [-0.05, 0) is 24.3 Å². The second-order valence-corrected chi connectivity index (χ2v) is 7.06. The summed E-state index contributed by atoms with van der Waals surface area (Å²) in [6.45, 7) is 1.34. The number of aromatic amines is 1. The first kappa shape index (κ1) is 18.0. The van der Waals surface area contributed by atoms with Crippen molar-refractivity contribution in [3.8, 4) is 11.1 Å². The molecule has 2 aromatic heterocycles. The Morgan fingerprint density at radius 3 is 2.68 bits per heavy atom. The molecular weight excluding hydrogens is 356 g/mol. The molecule has 1 fully saturated rings. The normalized spacial score (nSPS) is 14.9. The third kappa shape index (κ3) is 3.83. The van der Waals surface area contributed by atoms with Gasteiger partial charge in [0.05, 0.1) is 24.6 Å². The van der Waals surface area contributed by atoms with Crippen LogP contribution in [0.25, 0.3) is 11.1 Å². The number of amides is 1. The lowest BCUT2D eigenvalue weighted by Crippen LogP contribution is -2.39. The van der Waals surface area contributed by atoms with E-state index in [-0.39, 0.29) is 23.8 Å². The number of piperidine rings is 1. The quantitative estimate of drug-likeness (QED) is 0.726. The largest absolute Gasteiger partial charge is 0.472 e. The lowest BCUT2D eigenvalue weighted by atomic mass is 9.87. The standard InChI is InChI=1S/C21H22N4O3/c22-21-23-16(10-19(26)24-21)11-20(27)25-8-6-15(7-9-25)18-13-28-12-17(18)14-4-2-1-3-5-14/h1-5,10,12-13,15H,6-9,11H2,(H3,22,23,24,26). The van der Waals surface area contributed by atoms with Crippen LogP contribution >= 0.6 is 0 Å². The number of nitrogens with zero attached hydrogens (tertiary/aromatic N) is 2. The molecule has 0 aliphatic carbocycles. The lowest BCUT2D eigenvalue weighted by Gasteiger charge is -2.32. The van der Waals surface area contributed by atoms with Crippen LogP contribution in [0.2, 0.25) is 0 Å². The Morgan fingerprint density at radius 1 is 1.21 bits per heavy atom. The molecule has 1 aromatic carbocycles. The first-order valence-electron chi connectivity index (χ1n) is 9.35. The fraction of sp³-hybridized carbons (Fsp3) is 0.286. The molecule has 1 aliphatic heterocycles. The number of anilines is 1. The van der Waals surface area contributed by atoms with Crippen molar-refractivity contribution in [3.05, 3.63) is 70.5 Å². The highest BCUT2D eigenvalue weighted by Gasteiger charge is 2.26. The van der Waals surface area contributed by atoms with Crippen molar-refractivity contribution in [1.29, 1.82) is 0 Å². The summed E-state index contributed by atoms with van der Waals surface area (Å²) < 4.78 is 5.50. The van der Waals surface area contributed by atoms with Crippen LogP contribution in [0.1, 0.15) is 30.0 Å². The molecule has 0 radical (unpaired) electrons. The highest BCUT2D eigenvalue weighted by atomic mass is 16.3. The van der Waals surface area contributed by atoms with Crippen LogP contribution in [-0.4, -0.2) is 33.9 Å². The molecule has 0 atom stereocenters. The summed E-state index contributed by atoms with van der Waals surface area (Å²) in [4.78, 5) is 32.3. The van der Waals surface area contributed by atoms with Gasteiger partial charge in [-0.1, -0.05) is 30.3 Å². The second kappa shape index (κ2) is 7.72. The maximum absolute atomic E-state index is 12.6. The predicted octanol–water partition coefficient (Wildman–Crippen LogP) is 2.56. The number of carbonyl (C=O) groups excluding carboxylic acids is 1. The fourth-order valence-electron chi connectivity index (χ4n) is 3.80. The fourth-order valence-corrected chi connectivity index (χ4v) is 3.80. The molecular formula is C21H22N4O3. The number of nitrogens with one attached hydrogen (secondary N) is 1. The van der Waals surface area contributed by atoms with Gasteiger partial charge >= 0.3 is 0 Å². The van der Waals surface area contributed by atoms with Gasteiger partial charge in [-0.3, -0.25) is 14.6 Å². The maximum atomic E-state index is 12.6. The minimum Gasteiger partial charge on any atom is -0.472 e. The van der Waals surface area contributed by atoms with Crippen molar-refractivity contribution >= 4 is 11.9 Å². The van der Waals surface area contributed by atoms with Crippen LogP contribution in [0, 0.1) is 0 Å². The van der Waals surface area contributed by atoms with E-state index in [9.17, 15) is 9.59 Å². The molecule has 0 spiro atoms. The molecule has 144 valence electrons. The highest BCUT2D eigenvalue weighted by molar-refractivity contribution is 5.78. The Kier molecular flexibility index (Phi) is 4.97. The van der Waals surface area contributed by atoms with Gasteiger partial charge in [0.25, 0.3) is 5.56 Å². The molecule has 4 rings (SSSR count). The van der Waals surface area contributed by atoms with Crippen LogP contribution in [0.15, 0.2) is 58.1 Å². The van der Waals surface area contributed by atoms with Gasteiger partial charge in [-0.25, -0.2) is 4.98 Å². The summed E-state index contributed by atoms with van der Waals surface area (Å²) in [5.74, 6) is 0.347. The number of hydrogen-bond acceptors (Lipinski definition) is 5. The van der Waals surface area contributed by atoms with E-state index in [2.05, 4.69) is 22.1 Å². The van der Waals surface area contributed by atoms with Gasteiger partial charge in [-0.2, -0.15) is 0 Å². The number of hydrogen-bond donors (Lipinski definition) is 2. The van der Waals surface area contributed by atoms with E-state index >= 15 is 0 Å². The molecule has 0 unspecified atom stereocenters. The van der Waals surface area contributed by atoms with E-state index in [4.69, 9.17) is 10.2 Å². The van der Waals surface area contributed by atoms with Crippen molar-refractivity contribution in [2.45, 2.75) is 25.2 Å². The number of aromatic nitrogens is 2. The molecule has 1 amide bonds. The van der Waals surface area contributed by atoms with E-state index < -0.39 is 0 Å². The van der Waals surface area contributed by atoms with Crippen molar-refractivity contribution in [2.75, 3.05) is 18.8 Å². The summed E-state index contributed by atoms with van der Waals surface area (Å²) in [6.07, 6.45) is 5.45. The monoisotopic (exact) mass is 378 g/mol. The topological polar surface area (TPSA) is 105 Å². The molecule has 3 aromatic rings. The van der Waals surface area contributed by atoms with Gasteiger partial charge in [0.1, 0.15) is 0 Å². The third-order valence-electron chi connectivity index (χ3n) is 5.21. The minimum atomic E-state index is -0.345. The van der Waals surface area contributed by atoms with Crippen LogP contribution in [-0.2, 0) is 11.2 Å². The number of H-pyrrole nitrogens is 1. The number of likely N-dealkylation sites (tertiary alicyclic amines) is 1. The number of furan rings is 1. The minimum absolute atomic E-state index is 0.0300. The zero-order valence-electron chi connectivity index (χ0n) is 15.4. The predicted molar refractivity (Wildman–Crippen MR) is 106 cm³/mol. The van der Waals surface area contributed by atoms with Gasteiger partial charge < -0.3 is 15.1 Å². The van der Waals surface area contributed by atoms with Gasteiger partial charge in [0, 0.05) is 30.3 Å². The molecule has 1 saturated heterocycles. The molecule has 3 heterocycles. The van der Waals surface area contributed by atoms with E-state index in [1.54, 1.807) is 6.26 Å². The molecule has 0 saturated carbocycles. The van der Waals surface area contributed by atoms with E-state index in [0.29, 0.717) is 24.7 Å². The van der Waals surface area contributed by atoms with Crippen LogP contribution in [0.4, 0.5) is 5.95 Å². The van der Waals surface area contributed by atoms with E-state index in [1.165, 1.54) is 11.6 Å². The van der Waals surface area contributed by atoms with Gasteiger partial charge in [0.15, 0.2) is 0 Å². The number of nitrogen functional groups attached to an aromatic ring is 1. The zero-order chi connectivity index (χ0) is 19.5. The molecule has 1 aliphatic rings. The van der Waals surface area contributed by atoms with Gasteiger partial charge in [0.2, 0.25) is 11.9 Å². The number of benzene rings is 1. The first-order valence-corrected chi connectivity index (χ1v) is 9.35. The number of carbonyl (C=O) groups is 1. The summed E-state index contributed by atoms with van der Waals surface area (Å²) in [7, 11) is 0. The SMILES string of the molecule is Nc1nc(CC(=O)N2CCC(c3cocc3-c3ccccc3)CC2)cc(=O)[nH]1. The maximum Gasteiger partial charge on any atom is 0.252 e. The Morgan fingerprint density at radius 2 is 1.96 bits per heavy atom. The molecule has 28 heavy (non-hydrogen) atoms. The Balaban J connectivity index is 1.41. The Hall–Kier alpha value is -3.35. The molecule has 3 N–H and O–H groups in total. The second-order valence-electron chi connectivity index (χ2n) is 7.06. The van der Waals surface area contributed by atoms with Crippen LogP contribution in [0.5, 0.6) is 0 Å². The van der Waals surface area contributed by atoms with Crippen molar-refractivity contribution < 1.29 is 9.21 Å². The highest BCUT2D eigenvalue weighted by Crippen LogP contribution is 2.36. The van der Waals surface area contributed by atoms with Crippen molar-refractivity contribution in [2.24, 2.45) is 0 Å². The summed E-state index contributed by atoms with van der Waals surface area (Å²) in [6, 6.07) is 11.5. The van der Waals surface area contributed by atoms with Crippen molar-refractivity contribution in [3.63, 3.8) is 0 Å². The van der Waals surface area contributed by atoms with Gasteiger partial charge in [-0.15, -0.1) is 0 Å². The Labute approximate surface area is 162 Å². The van der Waals surface area contributed by atoms with E-state index in [1.807, 2.05) is 29.4 Å². The molecule has 7 heteroatoms. The van der Waals surface area contributed by atoms with Crippen LogP contribution < -0.4 is 11.3 Å². The number of rotatable bonds is 4. The lowest BCUT2D eigenvalue weighted by molar-refractivity contribution is -0.131.